The summed E-state index contributed by atoms with van der Waals surface area (Å²) >= 11 is 6.19. The number of carbonyl (C=O) groups is 1. The summed E-state index contributed by atoms with van der Waals surface area (Å²) in [5.41, 5.74) is 5.11. The maximum Gasteiger partial charge on any atom is 0.277 e. The molecule has 1 aliphatic rings. The fourth-order valence-corrected chi connectivity index (χ4v) is 2.87. The van der Waals surface area contributed by atoms with Crippen LogP contribution in [0.25, 0.3) is 11.3 Å². The zero-order chi connectivity index (χ0) is 17.6. The number of nitrogens with one attached hydrogen (secondary N) is 1. The third kappa shape index (κ3) is 4.60. The molecule has 1 aliphatic carbocycles. The van der Waals surface area contributed by atoms with Crippen LogP contribution in [0.2, 0.25) is 5.02 Å². The zero-order valence-corrected chi connectivity index (χ0v) is 14.8. The number of aryl methyl sites for hydroxylation is 1. The van der Waals surface area contributed by atoms with Crippen molar-refractivity contribution < 1.29 is 14.1 Å². The van der Waals surface area contributed by atoms with Crippen LogP contribution in [0, 0.1) is 6.92 Å². The van der Waals surface area contributed by atoms with E-state index in [-0.39, 0.29) is 12.5 Å². The van der Waals surface area contributed by atoms with Crippen molar-refractivity contribution in [2.45, 2.75) is 39.0 Å². The summed E-state index contributed by atoms with van der Waals surface area (Å²) in [6.45, 7) is 1.73. The average molecular weight is 362 g/mol. The van der Waals surface area contributed by atoms with Crippen LogP contribution in [-0.4, -0.2) is 23.4 Å². The van der Waals surface area contributed by atoms with E-state index >= 15 is 0 Å². The molecule has 0 unspecified atom stereocenters. The largest absolute Gasteiger partial charge is 0.483 e. The van der Waals surface area contributed by atoms with E-state index in [1.807, 2.05) is 6.92 Å². The molecule has 132 valence electrons. The lowest BCUT2D eigenvalue weighted by molar-refractivity contribution is -0.123. The standard InChI is InChI=1S/C18H20ClN3O3/c1-12-9-17(14(10-15(12)19)16-7-8-20-25-16)24-11-18(23)22-21-13-5-3-2-4-6-13/h7-10H,2-6,11H2,1H3,(H,22,23). The van der Waals surface area contributed by atoms with Crippen molar-refractivity contribution in [2.24, 2.45) is 5.10 Å². The summed E-state index contributed by atoms with van der Waals surface area (Å²) in [4.78, 5) is 12.0. The summed E-state index contributed by atoms with van der Waals surface area (Å²) in [7, 11) is 0. The number of rotatable bonds is 5. The van der Waals surface area contributed by atoms with Crippen molar-refractivity contribution in [3.8, 4) is 17.1 Å². The Labute approximate surface area is 151 Å². The Bertz CT molecular complexity index is 764. The van der Waals surface area contributed by atoms with Gasteiger partial charge in [-0.25, -0.2) is 5.43 Å². The first kappa shape index (κ1) is 17.5. The molecule has 1 amide bonds. The van der Waals surface area contributed by atoms with Gasteiger partial charge in [-0.3, -0.25) is 4.79 Å². The summed E-state index contributed by atoms with van der Waals surface area (Å²) in [6.07, 6.45) is 6.95. The normalized spacial score (nSPS) is 14.2. The number of nitrogens with zero attached hydrogens (tertiary/aromatic N) is 2. The first-order valence-corrected chi connectivity index (χ1v) is 8.69. The Morgan fingerprint density at radius 2 is 2.16 bits per heavy atom. The lowest BCUT2D eigenvalue weighted by Gasteiger charge is -2.13. The minimum Gasteiger partial charge on any atom is -0.483 e. The minimum atomic E-state index is -0.297. The average Bonchev–Trinajstić information content (AvgIpc) is 3.16. The molecule has 1 N–H and O–H groups in total. The molecule has 1 fully saturated rings. The lowest BCUT2D eigenvalue weighted by atomic mass is 9.99. The molecule has 1 aromatic heterocycles. The van der Waals surface area contributed by atoms with E-state index < -0.39 is 0 Å². The van der Waals surface area contributed by atoms with Gasteiger partial charge in [0, 0.05) is 16.8 Å². The van der Waals surface area contributed by atoms with Gasteiger partial charge in [-0.1, -0.05) is 23.2 Å². The topological polar surface area (TPSA) is 76.7 Å². The molecule has 1 saturated carbocycles. The molecule has 7 heteroatoms. The van der Waals surface area contributed by atoms with Gasteiger partial charge in [-0.2, -0.15) is 5.10 Å². The number of carbonyl (C=O) groups excluding carboxylic acids is 1. The summed E-state index contributed by atoms with van der Waals surface area (Å²) < 4.78 is 10.8. The molecule has 0 atom stereocenters. The van der Waals surface area contributed by atoms with Gasteiger partial charge in [0.15, 0.2) is 12.4 Å². The Morgan fingerprint density at radius 1 is 1.36 bits per heavy atom. The minimum absolute atomic E-state index is 0.140. The van der Waals surface area contributed by atoms with Crippen molar-refractivity contribution in [2.75, 3.05) is 6.61 Å². The second-order valence-corrected chi connectivity index (χ2v) is 6.44. The number of halogens is 1. The van der Waals surface area contributed by atoms with Crippen LogP contribution in [0.15, 0.2) is 34.0 Å². The molecule has 25 heavy (non-hydrogen) atoms. The van der Waals surface area contributed by atoms with E-state index in [0.717, 1.165) is 37.0 Å². The van der Waals surface area contributed by atoms with E-state index in [0.29, 0.717) is 22.1 Å². The molecule has 2 aromatic rings. The van der Waals surface area contributed by atoms with Crippen LogP contribution < -0.4 is 10.2 Å². The monoisotopic (exact) mass is 361 g/mol. The van der Waals surface area contributed by atoms with Crippen LogP contribution >= 0.6 is 11.6 Å². The van der Waals surface area contributed by atoms with Crippen molar-refractivity contribution in [1.82, 2.24) is 10.6 Å². The third-order valence-electron chi connectivity index (χ3n) is 4.09. The molecule has 3 rings (SSSR count). The van der Waals surface area contributed by atoms with E-state index in [2.05, 4.69) is 15.7 Å². The van der Waals surface area contributed by atoms with Crippen LogP contribution in [0.1, 0.15) is 37.7 Å². The number of hydrogen-bond acceptors (Lipinski definition) is 5. The highest BCUT2D eigenvalue weighted by Crippen LogP contribution is 2.34. The van der Waals surface area contributed by atoms with Crippen molar-refractivity contribution in [3.05, 3.63) is 35.0 Å². The van der Waals surface area contributed by atoms with Gasteiger partial charge in [-0.15, -0.1) is 0 Å². The van der Waals surface area contributed by atoms with Gasteiger partial charge in [0.1, 0.15) is 5.75 Å². The number of hydrazone groups is 1. The Kier molecular flexibility index (Phi) is 5.71. The Morgan fingerprint density at radius 3 is 2.88 bits per heavy atom. The first-order chi connectivity index (χ1) is 12.1. The number of amides is 1. The first-order valence-electron chi connectivity index (χ1n) is 8.32. The highest BCUT2D eigenvalue weighted by molar-refractivity contribution is 6.31. The Balaban J connectivity index is 1.66. The SMILES string of the molecule is Cc1cc(OCC(=O)NN=C2CCCCC2)c(-c2ccno2)cc1Cl. The third-order valence-corrected chi connectivity index (χ3v) is 4.50. The zero-order valence-electron chi connectivity index (χ0n) is 14.0. The second kappa shape index (κ2) is 8.16. The van der Waals surface area contributed by atoms with Crippen molar-refractivity contribution >= 4 is 23.2 Å². The summed E-state index contributed by atoms with van der Waals surface area (Å²) in [5, 5.41) is 8.47. The van der Waals surface area contributed by atoms with Crippen LogP contribution in [-0.2, 0) is 4.79 Å². The molecule has 6 nitrogen and oxygen atoms in total. The quantitative estimate of drug-likeness (QED) is 0.813. The van der Waals surface area contributed by atoms with Gasteiger partial charge in [0.2, 0.25) is 0 Å². The summed E-state index contributed by atoms with van der Waals surface area (Å²) in [5.74, 6) is 0.744. The smallest absolute Gasteiger partial charge is 0.277 e. The fourth-order valence-electron chi connectivity index (χ4n) is 2.71. The molecular formula is C18H20ClN3O3. The van der Waals surface area contributed by atoms with Gasteiger partial charge in [0.25, 0.3) is 5.91 Å². The highest BCUT2D eigenvalue weighted by Gasteiger charge is 2.14. The molecule has 0 aliphatic heterocycles. The van der Waals surface area contributed by atoms with Crippen LogP contribution in [0.4, 0.5) is 0 Å². The van der Waals surface area contributed by atoms with Gasteiger partial charge < -0.3 is 9.26 Å². The predicted octanol–water partition coefficient (Wildman–Crippen LogP) is 4.12. The number of aromatic nitrogens is 1. The summed E-state index contributed by atoms with van der Waals surface area (Å²) in [6, 6.07) is 5.23. The maximum atomic E-state index is 12.0. The van der Waals surface area contributed by atoms with Gasteiger partial charge in [0.05, 0.1) is 11.8 Å². The van der Waals surface area contributed by atoms with E-state index in [9.17, 15) is 4.79 Å². The molecule has 1 aromatic carbocycles. The molecule has 0 bridgehead atoms. The van der Waals surface area contributed by atoms with E-state index in [4.69, 9.17) is 20.9 Å². The maximum absolute atomic E-state index is 12.0. The molecule has 0 radical (unpaired) electrons. The Hall–Kier alpha value is -2.34. The number of benzene rings is 1. The molecule has 1 heterocycles. The molecular weight excluding hydrogens is 342 g/mol. The van der Waals surface area contributed by atoms with E-state index in [1.54, 1.807) is 24.4 Å². The van der Waals surface area contributed by atoms with Crippen LogP contribution in [0.5, 0.6) is 5.75 Å². The van der Waals surface area contributed by atoms with Crippen molar-refractivity contribution in [1.29, 1.82) is 0 Å². The molecule has 0 saturated heterocycles. The van der Waals surface area contributed by atoms with Gasteiger partial charge >= 0.3 is 0 Å². The highest BCUT2D eigenvalue weighted by atomic mass is 35.5. The predicted molar refractivity (Wildman–Crippen MR) is 95.8 cm³/mol. The van der Waals surface area contributed by atoms with Crippen molar-refractivity contribution in [3.63, 3.8) is 0 Å². The number of ether oxygens (including phenoxy) is 1. The lowest BCUT2D eigenvalue weighted by Crippen LogP contribution is -2.26. The van der Waals surface area contributed by atoms with Gasteiger partial charge in [-0.05, 0) is 50.3 Å². The molecule has 0 spiro atoms. The number of hydrogen-bond donors (Lipinski definition) is 1. The fraction of sp³-hybridized carbons (Fsp3) is 0.389. The van der Waals surface area contributed by atoms with Crippen LogP contribution in [0.3, 0.4) is 0 Å². The second-order valence-electron chi connectivity index (χ2n) is 6.04. The van der Waals surface area contributed by atoms with E-state index in [1.165, 1.54) is 6.42 Å².